The summed E-state index contributed by atoms with van der Waals surface area (Å²) < 4.78 is 10.9. The molecule has 0 saturated carbocycles. The quantitative estimate of drug-likeness (QED) is 0.748. The molecule has 1 unspecified atom stereocenters. The molecule has 6 heteroatoms. The number of carbonyl (C=O) groups excluding carboxylic acids is 1. The summed E-state index contributed by atoms with van der Waals surface area (Å²) in [5.41, 5.74) is 2.96. The van der Waals surface area contributed by atoms with Crippen LogP contribution >= 0.6 is 0 Å². The van der Waals surface area contributed by atoms with Crippen molar-refractivity contribution in [2.75, 3.05) is 26.3 Å². The van der Waals surface area contributed by atoms with Crippen LogP contribution in [0.4, 0.5) is 0 Å². The molecule has 1 aliphatic heterocycles. The van der Waals surface area contributed by atoms with E-state index in [4.69, 9.17) is 9.15 Å². The van der Waals surface area contributed by atoms with Gasteiger partial charge >= 0.3 is 0 Å². The zero-order valence-corrected chi connectivity index (χ0v) is 16.5. The third-order valence-corrected chi connectivity index (χ3v) is 5.26. The number of hydrogen-bond acceptors (Lipinski definition) is 5. The minimum absolute atomic E-state index is 0.0812. The molecular weight excluding hydrogens is 342 g/mol. The maximum atomic E-state index is 12.6. The average molecular weight is 371 g/mol. The fourth-order valence-electron chi connectivity index (χ4n) is 3.22. The van der Waals surface area contributed by atoms with E-state index in [9.17, 15) is 4.79 Å². The van der Waals surface area contributed by atoms with E-state index in [0.717, 1.165) is 13.0 Å². The highest BCUT2D eigenvalue weighted by Crippen LogP contribution is 2.18. The van der Waals surface area contributed by atoms with Crippen molar-refractivity contribution in [3.63, 3.8) is 0 Å². The molecule has 6 nitrogen and oxygen atoms in total. The van der Waals surface area contributed by atoms with Gasteiger partial charge in [0, 0.05) is 25.7 Å². The number of aromatic nitrogens is 1. The zero-order valence-electron chi connectivity index (χ0n) is 16.5. The lowest BCUT2D eigenvalue weighted by Crippen LogP contribution is -2.40. The molecule has 0 bridgehead atoms. The van der Waals surface area contributed by atoms with E-state index in [1.165, 1.54) is 17.4 Å². The summed E-state index contributed by atoms with van der Waals surface area (Å²) in [5, 5.41) is 0. The van der Waals surface area contributed by atoms with E-state index in [-0.39, 0.29) is 5.91 Å². The Morgan fingerprint density at radius 2 is 2.00 bits per heavy atom. The summed E-state index contributed by atoms with van der Waals surface area (Å²) >= 11 is 0. The molecule has 0 radical (unpaired) electrons. The molecule has 27 heavy (non-hydrogen) atoms. The van der Waals surface area contributed by atoms with E-state index in [0.29, 0.717) is 50.5 Å². The minimum Gasteiger partial charge on any atom is -0.447 e. The van der Waals surface area contributed by atoms with E-state index in [1.54, 1.807) is 4.90 Å². The number of carbonyl (C=O) groups is 1. The highest BCUT2D eigenvalue weighted by molar-refractivity contribution is 5.92. The molecule has 0 N–H and O–H groups in total. The van der Waals surface area contributed by atoms with Gasteiger partial charge < -0.3 is 14.1 Å². The maximum Gasteiger partial charge on any atom is 0.275 e. The highest BCUT2D eigenvalue weighted by atomic mass is 16.5. The lowest BCUT2D eigenvalue weighted by Gasteiger charge is -2.27. The number of benzene rings is 1. The molecule has 1 fully saturated rings. The highest BCUT2D eigenvalue weighted by Gasteiger charge is 2.23. The first-order chi connectivity index (χ1) is 13.1. The predicted molar refractivity (Wildman–Crippen MR) is 103 cm³/mol. The lowest BCUT2D eigenvalue weighted by molar-refractivity contribution is 0.0299. The Labute approximate surface area is 161 Å². The fourth-order valence-corrected chi connectivity index (χ4v) is 3.22. The van der Waals surface area contributed by atoms with Crippen LogP contribution in [0.5, 0.6) is 0 Å². The molecule has 2 aromatic rings. The molecule has 146 valence electrons. The van der Waals surface area contributed by atoms with E-state index < -0.39 is 0 Å². The first kappa shape index (κ1) is 19.6. The Kier molecular flexibility index (Phi) is 6.63. The third-order valence-electron chi connectivity index (χ3n) is 5.26. The number of oxazole rings is 1. The van der Waals surface area contributed by atoms with Crippen LogP contribution in [0.2, 0.25) is 0 Å². The van der Waals surface area contributed by atoms with Gasteiger partial charge in [-0.1, -0.05) is 31.2 Å². The van der Waals surface area contributed by atoms with Crippen molar-refractivity contribution < 1.29 is 13.9 Å². The second-order valence-electron chi connectivity index (χ2n) is 7.12. The van der Waals surface area contributed by atoms with Gasteiger partial charge in [-0.2, -0.15) is 0 Å². The molecule has 0 aliphatic carbocycles. The summed E-state index contributed by atoms with van der Waals surface area (Å²) in [7, 11) is 0. The number of ether oxygens (including phenoxy) is 1. The van der Waals surface area contributed by atoms with Crippen LogP contribution in [0.15, 0.2) is 34.9 Å². The number of aryl methyl sites for hydroxylation is 1. The summed E-state index contributed by atoms with van der Waals surface area (Å²) in [4.78, 5) is 21.1. The Morgan fingerprint density at radius 3 is 2.70 bits per heavy atom. The fraction of sp³-hybridized carbons (Fsp3) is 0.524. The smallest absolute Gasteiger partial charge is 0.275 e. The molecule has 3 rings (SSSR count). The molecule has 1 aliphatic rings. The van der Waals surface area contributed by atoms with Crippen LogP contribution in [-0.2, 0) is 17.8 Å². The van der Waals surface area contributed by atoms with Gasteiger partial charge in [-0.15, -0.1) is 0 Å². The van der Waals surface area contributed by atoms with Crippen molar-refractivity contribution in [2.45, 2.75) is 46.3 Å². The number of hydrogen-bond donors (Lipinski definition) is 0. The normalized spacial score (nSPS) is 15.9. The van der Waals surface area contributed by atoms with Gasteiger partial charge in [0.2, 0.25) is 5.89 Å². The van der Waals surface area contributed by atoms with Gasteiger partial charge in [0.15, 0.2) is 5.69 Å². The van der Waals surface area contributed by atoms with Crippen molar-refractivity contribution in [1.82, 2.24) is 14.8 Å². The van der Waals surface area contributed by atoms with Crippen LogP contribution in [0.25, 0.3) is 0 Å². The standard InChI is InChI=1S/C21H29N3O3/c1-4-17(3)24(13-18-8-6-5-7-16(18)2)14-20-22-19(15-27-20)21(25)23-9-11-26-12-10-23/h5-8,15,17H,4,9-14H2,1-3H3. The van der Waals surface area contributed by atoms with Gasteiger partial charge in [0.05, 0.1) is 19.8 Å². The SMILES string of the molecule is CCC(C)N(Cc1nc(C(=O)N2CCOCC2)co1)Cc1ccccc1C. The second-order valence-corrected chi connectivity index (χ2v) is 7.12. The summed E-state index contributed by atoms with van der Waals surface area (Å²) in [6, 6.07) is 8.81. The van der Waals surface area contributed by atoms with Gasteiger partial charge in [-0.25, -0.2) is 4.98 Å². The third kappa shape index (κ3) is 4.96. The number of rotatable bonds is 7. The largest absolute Gasteiger partial charge is 0.447 e. The monoisotopic (exact) mass is 371 g/mol. The van der Waals surface area contributed by atoms with E-state index in [1.807, 2.05) is 0 Å². The minimum atomic E-state index is -0.0812. The lowest BCUT2D eigenvalue weighted by atomic mass is 10.1. The van der Waals surface area contributed by atoms with Crippen molar-refractivity contribution in [3.05, 3.63) is 53.2 Å². The summed E-state index contributed by atoms with van der Waals surface area (Å²) in [5.74, 6) is 0.503. The van der Waals surface area contributed by atoms with E-state index >= 15 is 0 Å². The topological polar surface area (TPSA) is 58.8 Å². The van der Waals surface area contributed by atoms with Gasteiger partial charge in [-0.05, 0) is 31.4 Å². The Balaban J connectivity index is 1.70. The van der Waals surface area contributed by atoms with Crippen molar-refractivity contribution in [3.8, 4) is 0 Å². The molecule has 0 spiro atoms. The van der Waals surface area contributed by atoms with Crippen molar-refractivity contribution >= 4 is 5.91 Å². The maximum absolute atomic E-state index is 12.6. The first-order valence-corrected chi connectivity index (χ1v) is 9.68. The predicted octanol–water partition coefficient (Wildman–Crippen LogP) is 3.26. The van der Waals surface area contributed by atoms with Gasteiger partial charge in [-0.3, -0.25) is 9.69 Å². The van der Waals surface area contributed by atoms with Crippen LogP contribution in [0.1, 0.15) is 47.8 Å². The van der Waals surface area contributed by atoms with Crippen LogP contribution in [0.3, 0.4) is 0 Å². The van der Waals surface area contributed by atoms with Gasteiger partial charge in [0.1, 0.15) is 6.26 Å². The van der Waals surface area contributed by atoms with Crippen molar-refractivity contribution in [2.24, 2.45) is 0 Å². The molecule has 1 saturated heterocycles. The average Bonchev–Trinajstić information content (AvgIpc) is 3.17. The van der Waals surface area contributed by atoms with Crippen LogP contribution in [-0.4, -0.2) is 53.0 Å². The van der Waals surface area contributed by atoms with Gasteiger partial charge in [0.25, 0.3) is 5.91 Å². The molecule has 1 aromatic carbocycles. The number of morpholine rings is 1. The van der Waals surface area contributed by atoms with Crippen LogP contribution in [0, 0.1) is 6.92 Å². The molecule has 2 heterocycles. The second kappa shape index (κ2) is 9.15. The zero-order chi connectivity index (χ0) is 19.2. The first-order valence-electron chi connectivity index (χ1n) is 9.68. The molecular formula is C21H29N3O3. The Morgan fingerprint density at radius 1 is 1.26 bits per heavy atom. The van der Waals surface area contributed by atoms with E-state index in [2.05, 4.69) is 54.9 Å². The summed E-state index contributed by atoms with van der Waals surface area (Å²) in [6.45, 7) is 10.3. The number of nitrogens with zero attached hydrogens (tertiary/aromatic N) is 3. The molecule has 1 aromatic heterocycles. The van der Waals surface area contributed by atoms with Crippen LogP contribution < -0.4 is 0 Å². The molecule has 1 amide bonds. The summed E-state index contributed by atoms with van der Waals surface area (Å²) in [6.07, 6.45) is 2.52. The number of amides is 1. The Bertz CT molecular complexity index is 753. The van der Waals surface area contributed by atoms with Crippen molar-refractivity contribution in [1.29, 1.82) is 0 Å². The molecule has 1 atom stereocenters. The Hall–Kier alpha value is -2.18.